The second-order valence-electron chi connectivity index (χ2n) is 6.75. The Hall–Kier alpha value is -2.50. The van der Waals surface area contributed by atoms with Crippen LogP contribution in [0.5, 0.6) is 11.5 Å². The maximum atomic E-state index is 12.5. The van der Waals surface area contributed by atoms with Crippen LogP contribution in [-0.4, -0.2) is 48.2 Å². The molecule has 1 heterocycles. The molecule has 0 spiro atoms. The highest BCUT2D eigenvalue weighted by atomic mass is 16.6. The molecule has 0 saturated carbocycles. The maximum Gasteiger partial charge on any atom is 0.331 e. The van der Waals surface area contributed by atoms with E-state index in [0.717, 1.165) is 5.56 Å². The van der Waals surface area contributed by atoms with E-state index in [0.29, 0.717) is 24.7 Å². The van der Waals surface area contributed by atoms with Crippen LogP contribution in [0.1, 0.15) is 40.2 Å². The SMILES string of the molecule is CC(C)N(C(=O)[C@@H](C)OC(=O)/C=C/c1ccc2c(c1)OCCO2)C(C)C. The highest BCUT2D eigenvalue weighted by Gasteiger charge is 2.27. The predicted octanol–water partition coefficient (Wildman–Crippen LogP) is 3.05. The Morgan fingerprint density at radius 2 is 1.65 bits per heavy atom. The van der Waals surface area contributed by atoms with E-state index in [2.05, 4.69) is 0 Å². The number of carbonyl (C=O) groups excluding carboxylic acids is 2. The number of ether oxygens (including phenoxy) is 3. The molecule has 0 saturated heterocycles. The van der Waals surface area contributed by atoms with Gasteiger partial charge in [0.25, 0.3) is 5.91 Å². The van der Waals surface area contributed by atoms with E-state index in [-0.39, 0.29) is 18.0 Å². The molecule has 1 atom stereocenters. The Morgan fingerprint density at radius 3 is 2.27 bits per heavy atom. The van der Waals surface area contributed by atoms with E-state index in [1.54, 1.807) is 30.0 Å². The standard InChI is InChI=1S/C20H27NO5/c1-13(2)21(14(3)4)20(23)15(5)26-19(22)9-7-16-6-8-17-18(12-16)25-11-10-24-17/h6-9,12-15H,10-11H2,1-5H3/b9-7+/t15-/m1/s1. The first-order chi connectivity index (χ1) is 12.3. The second-order valence-corrected chi connectivity index (χ2v) is 6.75. The van der Waals surface area contributed by atoms with Gasteiger partial charge in [-0.25, -0.2) is 4.79 Å². The third-order valence-corrected chi connectivity index (χ3v) is 3.99. The van der Waals surface area contributed by atoms with Crippen molar-refractivity contribution < 1.29 is 23.8 Å². The molecule has 0 radical (unpaired) electrons. The number of rotatable bonds is 6. The fourth-order valence-electron chi connectivity index (χ4n) is 2.91. The summed E-state index contributed by atoms with van der Waals surface area (Å²) in [6.45, 7) is 10.4. The average molecular weight is 361 g/mol. The van der Waals surface area contributed by atoms with Gasteiger partial charge in [-0.1, -0.05) is 6.07 Å². The van der Waals surface area contributed by atoms with Crippen LogP contribution in [0.2, 0.25) is 0 Å². The summed E-state index contributed by atoms with van der Waals surface area (Å²) in [5.41, 5.74) is 0.788. The molecule has 2 rings (SSSR count). The van der Waals surface area contributed by atoms with Gasteiger partial charge in [-0.15, -0.1) is 0 Å². The first-order valence-electron chi connectivity index (χ1n) is 8.90. The van der Waals surface area contributed by atoms with Gasteiger partial charge in [-0.2, -0.15) is 0 Å². The van der Waals surface area contributed by atoms with Gasteiger partial charge in [-0.05, 0) is 58.4 Å². The van der Waals surface area contributed by atoms with Gasteiger partial charge in [-0.3, -0.25) is 4.79 Å². The first kappa shape index (κ1) is 19.8. The minimum atomic E-state index is -0.836. The number of carbonyl (C=O) groups is 2. The molecular weight excluding hydrogens is 334 g/mol. The number of fused-ring (bicyclic) bond motifs is 1. The normalized spacial score (nSPS) is 14.6. The number of nitrogens with zero attached hydrogens (tertiary/aromatic N) is 1. The van der Waals surface area contributed by atoms with E-state index in [1.165, 1.54) is 6.08 Å². The molecule has 1 aromatic rings. The summed E-state index contributed by atoms with van der Waals surface area (Å²) in [5.74, 6) is 0.585. The monoisotopic (exact) mass is 361 g/mol. The Balaban J connectivity index is 1.97. The van der Waals surface area contributed by atoms with Crippen LogP contribution in [0.25, 0.3) is 6.08 Å². The molecule has 0 fully saturated rings. The zero-order valence-electron chi connectivity index (χ0n) is 16.0. The maximum absolute atomic E-state index is 12.5. The minimum Gasteiger partial charge on any atom is -0.486 e. The van der Waals surface area contributed by atoms with Gasteiger partial charge in [0.2, 0.25) is 0 Å². The molecule has 1 aromatic carbocycles. The van der Waals surface area contributed by atoms with Crippen molar-refractivity contribution in [2.75, 3.05) is 13.2 Å². The highest BCUT2D eigenvalue weighted by molar-refractivity contribution is 5.90. The Bertz CT molecular complexity index is 673. The molecule has 0 bridgehead atoms. The van der Waals surface area contributed by atoms with E-state index in [1.807, 2.05) is 33.8 Å². The molecule has 0 aliphatic carbocycles. The Kier molecular flexibility index (Phi) is 6.66. The fraction of sp³-hybridized carbons (Fsp3) is 0.500. The van der Waals surface area contributed by atoms with Crippen LogP contribution in [-0.2, 0) is 14.3 Å². The van der Waals surface area contributed by atoms with E-state index >= 15 is 0 Å². The number of benzene rings is 1. The van der Waals surface area contributed by atoms with Crippen molar-refractivity contribution in [3.8, 4) is 11.5 Å². The number of esters is 1. The lowest BCUT2D eigenvalue weighted by molar-refractivity contribution is -0.157. The predicted molar refractivity (Wildman–Crippen MR) is 99.1 cm³/mol. The molecule has 0 aromatic heterocycles. The summed E-state index contributed by atoms with van der Waals surface area (Å²) >= 11 is 0. The molecular formula is C20H27NO5. The third-order valence-electron chi connectivity index (χ3n) is 3.99. The van der Waals surface area contributed by atoms with E-state index in [4.69, 9.17) is 14.2 Å². The van der Waals surface area contributed by atoms with Crippen LogP contribution in [0.4, 0.5) is 0 Å². The third kappa shape index (κ3) is 5.00. The molecule has 1 aliphatic heterocycles. The number of hydrogen-bond acceptors (Lipinski definition) is 5. The quantitative estimate of drug-likeness (QED) is 0.576. The topological polar surface area (TPSA) is 65.1 Å². The van der Waals surface area contributed by atoms with Crippen molar-refractivity contribution in [2.24, 2.45) is 0 Å². The van der Waals surface area contributed by atoms with Crippen molar-refractivity contribution in [1.29, 1.82) is 0 Å². The smallest absolute Gasteiger partial charge is 0.331 e. The van der Waals surface area contributed by atoms with Gasteiger partial charge >= 0.3 is 5.97 Å². The molecule has 0 N–H and O–H groups in total. The summed E-state index contributed by atoms with van der Waals surface area (Å²) < 4.78 is 16.2. The lowest BCUT2D eigenvalue weighted by atomic mass is 10.2. The van der Waals surface area contributed by atoms with Crippen LogP contribution < -0.4 is 9.47 Å². The largest absolute Gasteiger partial charge is 0.486 e. The minimum absolute atomic E-state index is 0.0388. The summed E-state index contributed by atoms with van der Waals surface area (Å²) in [7, 11) is 0. The summed E-state index contributed by atoms with van der Waals surface area (Å²) in [6, 6.07) is 5.50. The van der Waals surface area contributed by atoms with Crippen molar-refractivity contribution >= 4 is 18.0 Å². The van der Waals surface area contributed by atoms with Crippen LogP contribution >= 0.6 is 0 Å². The summed E-state index contributed by atoms with van der Waals surface area (Å²) in [6.07, 6.45) is 2.10. The lowest BCUT2D eigenvalue weighted by Gasteiger charge is -2.32. The van der Waals surface area contributed by atoms with Crippen molar-refractivity contribution in [2.45, 2.75) is 52.8 Å². The fourth-order valence-corrected chi connectivity index (χ4v) is 2.91. The first-order valence-corrected chi connectivity index (χ1v) is 8.90. The van der Waals surface area contributed by atoms with Crippen LogP contribution in [0.3, 0.4) is 0 Å². The highest BCUT2D eigenvalue weighted by Crippen LogP contribution is 2.31. The van der Waals surface area contributed by atoms with Gasteiger partial charge in [0.15, 0.2) is 17.6 Å². The second kappa shape index (κ2) is 8.74. The van der Waals surface area contributed by atoms with E-state index in [9.17, 15) is 9.59 Å². The van der Waals surface area contributed by atoms with Crippen molar-refractivity contribution in [1.82, 2.24) is 4.90 Å². The molecule has 6 nitrogen and oxygen atoms in total. The lowest BCUT2D eigenvalue weighted by Crippen LogP contribution is -2.47. The zero-order valence-corrected chi connectivity index (χ0v) is 16.0. The summed E-state index contributed by atoms with van der Waals surface area (Å²) in [5, 5.41) is 0. The average Bonchev–Trinajstić information content (AvgIpc) is 2.59. The molecule has 0 unspecified atom stereocenters. The molecule has 26 heavy (non-hydrogen) atoms. The van der Waals surface area contributed by atoms with Gasteiger partial charge in [0.05, 0.1) is 0 Å². The molecule has 1 aliphatic rings. The Morgan fingerprint density at radius 1 is 1.04 bits per heavy atom. The zero-order chi connectivity index (χ0) is 19.3. The van der Waals surface area contributed by atoms with E-state index < -0.39 is 12.1 Å². The molecule has 1 amide bonds. The number of hydrogen-bond donors (Lipinski definition) is 0. The van der Waals surface area contributed by atoms with Gasteiger partial charge in [0, 0.05) is 18.2 Å². The Labute approximate surface area is 154 Å². The van der Waals surface area contributed by atoms with Gasteiger partial charge in [0.1, 0.15) is 13.2 Å². The summed E-state index contributed by atoms with van der Waals surface area (Å²) in [4.78, 5) is 26.2. The molecule has 6 heteroatoms. The number of amides is 1. The van der Waals surface area contributed by atoms with Crippen molar-refractivity contribution in [3.05, 3.63) is 29.8 Å². The van der Waals surface area contributed by atoms with Crippen LogP contribution in [0, 0.1) is 0 Å². The van der Waals surface area contributed by atoms with Crippen molar-refractivity contribution in [3.63, 3.8) is 0 Å². The van der Waals surface area contributed by atoms with Crippen LogP contribution in [0.15, 0.2) is 24.3 Å². The van der Waals surface area contributed by atoms with Gasteiger partial charge < -0.3 is 19.1 Å². The molecule has 142 valence electrons.